The number of aliphatic hydroxyl groups is 1. The molecule has 2 fully saturated rings. The van der Waals surface area contributed by atoms with Crippen LogP contribution >= 0.6 is 0 Å². The summed E-state index contributed by atoms with van der Waals surface area (Å²) in [5.41, 5.74) is 0. The highest BCUT2D eigenvalue weighted by Gasteiger charge is 2.31. The molecule has 0 aromatic rings. The Hall–Kier alpha value is -0.610. The van der Waals surface area contributed by atoms with Gasteiger partial charge in [0.15, 0.2) is 0 Å². The summed E-state index contributed by atoms with van der Waals surface area (Å²) in [7, 11) is 0. The van der Waals surface area contributed by atoms with Crippen molar-refractivity contribution in [3.8, 4) is 0 Å². The van der Waals surface area contributed by atoms with E-state index >= 15 is 0 Å². The van der Waals surface area contributed by atoms with E-state index in [1.54, 1.807) is 0 Å². The van der Waals surface area contributed by atoms with Gasteiger partial charge < -0.3 is 15.7 Å². The summed E-state index contributed by atoms with van der Waals surface area (Å²) < 4.78 is 0. The van der Waals surface area contributed by atoms with Crippen LogP contribution in [0.3, 0.4) is 0 Å². The molecule has 4 nitrogen and oxygen atoms in total. The number of amides is 1. The smallest absolute Gasteiger partial charge is 0.224 e. The highest BCUT2D eigenvalue weighted by atomic mass is 16.3. The molecule has 16 heavy (non-hydrogen) atoms. The van der Waals surface area contributed by atoms with E-state index in [9.17, 15) is 9.90 Å². The third kappa shape index (κ3) is 2.74. The van der Waals surface area contributed by atoms with Crippen LogP contribution in [0.1, 0.15) is 32.6 Å². The second-order valence-electron chi connectivity index (χ2n) is 5.27. The van der Waals surface area contributed by atoms with Gasteiger partial charge in [0.05, 0.1) is 12.0 Å². The van der Waals surface area contributed by atoms with Gasteiger partial charge in [-0.25, -0.2) is 0 Å². The Balaban J connectivity index is 1.82. The zero-order chi connectivity index (χ0) is 11.5. The molecule has 2 aliphatic rings. The van der Waals surface area contributed by atoms with Crippen molar-refractivity contribution in [2.24, 2.45) is 11.8 Å². The molecule has 92 valence electrons. The summed E-state index contributed by atoms with van der Waals surface area (Å²) in [6.45, 7) is 3.84. The summed E-state index contributed by atoms with van der Waals surface area (Å²) in [5.74, 6) is 0.698. The summed E-state index contributed by atoms with van der Waals surface area (Å²) >= 11 is 0. The van der Waals surface area contributed by atoms with Crippen molar-refractivity contribution in [1.29, 1.82) is 0 Å². The highest BCUT2D eigenvalue weighted by molar-refractivity contribution is 5.79. The first-order valence-corrected chi connectivity index (χ1v) is 6.36. The van der Waals surface area contributed by atoms with Crippen LogP contribution in [0.5, 0.6) is 0 Å². The predicted molar refractivity (Wildman–Crippen MR) is 61.9 cm³/mol. The van der Waals surface area contributed by atoms with Crippen molar-refractivity contribution in [1.82, 2.24) is 10.6 Å². The molecule has 4 atom stereocenters. The van der Waals surface area contributed by atoms with Crippen molar-refractivity contribution in [2.75, 3.05) is 13.1 Å². The molecule has 1 amide bonds. The molecule has 1 heterocycles. The predicted octanol–water partition coefficient (Wildman–Crippen LogP) is 0.262. The first kappa shape index (κ1) is 11.9. The summed E-state index contributed by atoms with van der Waals surface area (Å²) in [6.07, 6.45) is 3.41. The lowest BCUT2D eigenvalue weighted by Crippen LogP contribution is -2.44. The zero-order valence-corrected chi connectivity index (χ0v) is 9.91. The number of aliphatic hydroxyl groups excluding tert-OH is 1. The van der Waals surface area contributed by atoms with Gasteiger partial charge in [0, 0.05) is 12.6 Å². The van der Waals surface area contributed by atoms with Crippen molar-refractivity contribution in [2.45, 2.75) is 44.8 Å². The molecule has 0 bridgehead atoms. The van der Waals surface area contributed by atoms with Crippen molar-refractivity contribution < 1.29 is 9.90 Å². The molecule has 1 saturated carbocycles. The van der Waals surface area contributed by atoms with Gasteiger partial charge >= 0.3 is 0 Å². The molecular formula is C12H22N2O2. The normalized spacial score (nSPS) is 39.6. The van der Waals surface area contributed by atoms with Crippen LogP contribution in [0.15, 0.2) is 0 Å². The highest BCUT2D eigenvalue weighted by Crippen LogP contribution is 2.20. The second kappa shape index (κ2) is 5.15. The fraction of sp³-hybridized carbons (Fsp3) is 0.917. The molecule has 2 rings (SSSR count). The molecular weight excluding hydrogens is 204 g/mol. The van der Waals surface area contributed by atoms with Crippen LogP contribution in [-0.2, 0) is 4.79 Å². The van der Waals surface area contributed by atoms with Gasteiger partial charge in [-0.15, -0.1) is 0 Å². The van der Waals surface area contributed by atoms with Gasteiger partial charge in [0.1, 0.15) is 0 Å². The monoisotopic (exact) mass is 226 g/mol. The Morgan fingerprint density at radius 3 is 2.81 bits per heavy atom. The Labute approximate surface area is 96.8 Å². The average Bonchev–Trinajstić information content (AvgIpc) is 2.64. The largest absolute Gasteiger partial charge is 0.393 e. The first-order valence-electron chi connectivity index (χ1n) is 6.36. The van der Waals surface area contributed by atoms with Crippen LogP contribution in [0.2, 0.25) is 0 Å². The van der Waals surface area contributed by atoms with E-state index in [0.717, 1.165) is 38.8 Å². The molecule has 3 N–H and O–H groups in total. The summed E-state index contributed by atoms with van der Waals surface area (Å²) in [6, 6.07) is 0.184. The van der Waals surface area contributed by atoms with Crippen molar-refractivity contribution >= 4 is 5.91 Å². The van der Waals surface area contributed by atoms with Gasteiger partial charge in [-0.05, 0) is 38.1 Å². The topological polar surface area (TPSA) is 61.4 Å². The first-order chi connectivity index (χ1) is 7.66. The third-order valence-electron chi connectivity index (χ3n) is 3.85. The van der Waals surface area contributed by atoms with E-state index in [1.807, 2.05) is 0 Å². The molecule has 0 radical (unpaired) electrons. The number of carbonyl (C=O) groups excluding carboxylic acids is 1. The van der Waals surface area contributed by atoms with E-state index in [2.05, 4.69) is 17.6 Å². The van der Waals surface area contributed by atoms with Crippen molar-refractivity contribution in [3.63, 3.8) is 0 Å². The van der Waals surface area contributed by atoms with Gasteiger partial charge in [0.2, 0.25) is 5.91 Å². The van der Waals surface area contributed by atoms with Gasteiger partial charge in [0.25, 0.3) is 0 Å². The number of hydrogen-bond acceptors (Lipinski definition) is 3. The fourth-order valence-corrected chi connectivity index (χ4v) is 2.76. The number of carbonyl (C=O) groups is 1. The molecule has 0 aromatic carbocycles. The molecule has 0 aromatic heterocycles. The van der Waals surface area contributed by atoms with E-state index in [4.69, 9.17) is 0 Å². The van der Waals surface area contributed by atoms with Crippen LogP contribution in [0.4, 0.5) is 0 Å². The van der Waals surface area contributed by atoms with Gasteiger partial charge in [-0.1, -0.05) is 6.92 Å². The SMILES string of the molecule is C[C@@H]1CNC[C@H]1C(=O)NC1CCCC(O)C1. The van der Waals surface area contributed by atoms with Crippen LogP contribution in [0, 0.1) is 11.8 Å². The summed E-state index contributed by atoms with van der Waals surface area (Å²) in [5, 5.41) is 15.9. The van der Waals surface area contributed by atoms with E-state index in [-0.39, 0.29) is 24.0 Å². The van der Waals surface area contributed by atoms with E-state index in [1.165, 1.54) is 0 Å². The Kier molecular flexibility index (Phi) is 3.82. The lowest BCUT2D eigenvalue weighted by atomic mass is 9.91. The maximum Gasteiger partial charge on any atom is 0.224 e. The quantitative estimate of drug-likeness (QED) is 0.633. The van der Waals surface area contributed by atoms with Crippen molar-refractivity contribution in [3.05, 3.63) is 0 Å². The Morgan fingerprint density at radius 2 is 2.19 bits per heavy atom. The molecule has 1 saturated heterocycles. The van der Waals surface area contributed by atoms with E-state index in [0.29, 0.717) is 5.92 Å². The zero-order valence-electron chi connectivity index (χ0n) is 9.91. The third-order valence-corrected chi connectivity index (χ3v) is 3.85. The molecule has 1 aliphatic heterocycles. The van der Waals surface area contributed by atoms with Crippen LogP contribution in [-0.4, -0.2) is 36.2 Å². The maximum atomic E-state index is 12.0. The standard InChI is InChI=1S/C12H22N2O2/c1-8-6-13-7-11(8)12(16)14-9-3-2-4-10(15)5-9/h8-11,13,15H,2-7H2,1H3,(H,14,16)/t8-,9?,10?,11-/m1/s1. The number of nitrogens with one attached hydrogen (secondary N) is 2. The fourth-order valence-electron chi connectivity index (χ4n) is 2.76. The Bertz CT molecular complexity index is 257. The lowest BCUT2D eigenvalue weighted by molar-refractivity contribution is -0.126. The maximum absolute atomic E-state index is 12.0. The van der Waals surface area contributed by atoms with Crippen LogP contribution < -0.4 is 10.6 Å². The molecule has 0 spiro atoms. The van der Waals surface area contributed by atoms with Crippen LogP contribution in [0.25, 0.3) is 0 Å². The lowest BCUT2D eigenvalue weighted by Gasteiger charge is -2.28. The molecule has 1 aliphatic carbocycles. The number of hydrogen-bond donors (Lipinski definition) is 3. The average molecular weight is 226 g/mol. The minimum absolute atomic E-state index is 0.110. The van der Waals surface area contributed by atoms with E-state index < -0.39 is 0 Å². The summed E-state index contributed by atoms with van der Waals surface area (Å²) in [4.78, 5) is 12.0. The number of rotatable bonds is 2. The second-order valence-corrected chi connectivity index (χ2v) is 5.27. The van der Waals surface area contributed by atoms with Gasteiger partial charge in [-0.2, -0.15) is 0 Å². The molecule has 2 unspecified atom stereocenters. The minimum Gasteiger partial charge on any atom is -0.393 e. The van der Waals surface area contributed by atoms with Gasteiger partial charge in [-0.3, -0.25) is 4.79 Å². The minimum atomic E-state index is -0.224. The molecule has 4 heteroatoms. The Morgan fingerprint density at radius 1 is 1.38 bits per heavy atom.